The van der Waals surface area contributed by atoms with Crippen LogP contribution in [-0.4, -0.2) is 31.2 Å². The Bertz CT molecular complexity index is 889. The minimum Gasteiger partial charge on any atom is -0.494 e. The van der Waals surface area contributed by atoms with E-state index in [0.717, 1.165) is 17.4 Å². The van der Waals surface area contributed by atoms with E-state index in [1.165, 1.54) is 4.57 Å². The Hall–Kier alpha value is -2.03. The van der Waals surface area contributed by atoms with Crippen molar-refractivity contribution < 1.29 is 9.90 Å². The number of fused-ring (bicyclic) bond motifs is 1. The number of rotatable bonds is 3. The monoisotopic (exact) mass is 397 g/mol. The van der Waals surface area contributed by atoms with Crippen molar-refractivity contribution in [2.75, 3.05) is 5.73 Å². The van der Waals surface area contributed by atoms with Crippen molar-refractivity contribution in [3.8, 4) is 5.88 Å². The maximum absolute atomic E-state index is 12.7. The summed E-state index contributed by atoms with van der Waals surface area (Å²) in [7, 11) is 0. The van der Waals surface area contributed by atoms with Gasteiger partial charge in [-0.15, -0.1) is 5.10 Å². The first-order valence-corrected chi connectivity index (χ1v) is 8.50. The van der Waals surface area contributed by atoms with E-state index in [4.69, 9.17) is 5.73 Å². The van der Waals surface area contributed by atoms with Gasteiger partial charge in [0.2, 0.25) is 5.88 Å². The summed E-state index contributed by atoms with van der Waals surface area (Å²) in [6.07, 6.45) is 1.76. The van der Waals surface area contributed by atoms with Gasteiger partial charge in [-0.1, -0.05) is 20.8 Å². The highest BCUT2D eigenvalue weighted by atomic mass is 79.9. The molecule has 1 amide bonds. The van der Waals surface area contributed by atoms with Gasteiger partial charge in [-0.05, 0) is 34.2 Å². The van der Waals surface area contributed by atoms with Crippen LogP contribution in [-0.2, 0) is 6.54 Å². The Morgan fingerprint density at radius 3 is 2.62 bits per heavy atom. The Labute approximate surface area is 146 Å². The molecule has 1 fully saturated rings. The summed E-state index contributed by atoms with van der Waals surface area (Å²) >= 11 is 3.31. The highest BCUT2D eigenvalue weighted by Crippen LogP contribution is 2.31. The molecule has 2 heterocycles. The average molecular weight is 398 g/mol. The zero-order valence-corrected chi connectivity index (χ0v) is 15.3. The second kappa shape index (κ2) is 5.51. The first-order valence-electron chi connectivity index (χ1n) is 7.70. The molecule has 0 bridgehead atoms. The number of amides is 1. The zero-order valence-electron chi connectivity index (χ0n) is 13.8. The molecule has 1 aliphatic rings. The molecule has 0 atom stereocenters. The predicted molar refractivity (Wildman–Crippen MR) is 93.2 cm³/mol. The Balaban J connectivity index is 2.28. The molecule has 0 radical (unpaired) electrons. The van der Waals surface area contributed by atoms with Crippen molar-refractivity contribution in [1.82, 2.24) is 19.5 Å². The first kappa shape index (κ1) is 16.8. The number of nitrogens with one attached hydrogen (secondary N) is 1. The van der Waals surface area contributed by atoms with Crippen LogP contribution in [0.3, 0.4) is 0 Å². The fraction of sp³-hybridized carbons (Fsp3) is 0.533. The molecule has 0 unspecified atom stereocenters. The van der Waals surface area contributed by atoms with Crippen molar-refractivity contribution in [3.05, 3.63) is 20.4 Å². The van der Waals surface area contributed by atoms with Gasteiger partial charge in [-0.25, -0.2) is 0 Å². The number of nitrogens with zero attached hydrogens (tertiary/aromatic N) is 3. The van der Waals surface area contributed by atoms with Crippen LogP contribution in [0.1, 0.15) is 44.0 Å². The second-order valence-electron chi connectivity index (χ2n) is 7.33. The van der Waals surface area contributed by atoms with E-state index in [1.54, 1.807) is 0 Å². The zero-order chi connectivity index (χ0) is 17.8. The number of nitrogen functional groups attached to an aromatic ring is 1. The fourth-order valence-electron chi connectivity index (χ4n) is 2.53. The molecule has 8 nitrogen and oxygen atoms in total. The quantitative estimate of drug-likeness (QED) is 0.725. The molecule has 1 saturated carbocycles. The Morgan fingerprint density at radius 2 is 2.08 bits per heavy atom. The summed E-state index contributed by atoms with van der Waals surface area (Å²) in [6, 6.07) is 0.0671. The maximum atomic E-state index is 12.7. The number of aromatic nitrogens is 3. The summed E-state index contributed by atoms with van der Waals surface area (Å²) in [5, 5.41) is 17.4. The number of halogens is 1. The largest absolute Gasteiger partial charge is 0.494 e. The van der Waals surface area contributed by atoms with E-state index in [-0.39, 0.29) is 28.7 Å². The van der Waals surface area contributed by atoms with Crippen molar-refractivity contribution in [1.29, 1.82) is 0 Å². The highest BCUT2D eigenvalue weighted by molar-refractivity contribution is 9.10. The average Bonchev–Trinajstić information content (AvgIpc) is 3.20. The standard InChI is InChI=1S/C15H20BrN5O3/c1-15(2,3)6-20-12-9(16)10(17)19-21(12)14(24)8(13(20)23)11(22)18-7-4-5-7/h7,23H,4-6H2,1-3H3,(H2,17,19)(H,18,22). The van der Waals surface area contributed by atoms with Gasteiger partial charge in [0.25, 0.3) is 11.5 Å². The summed E-state index contributed by atoms with van der Waals surface area (Å²) in [6.45, 7) is 6.33. The van der Waals surface area contributed by atoms with Gasteiger partial charge in [0.15, 0.2) is 17.0 Å². The summed E-state index contributed by atoms with van der Waals surface area (Å²) in [5.41, 5.74) is 4.92. The molecule has 130 valence electrons. The number of anilines is 1. The number of carbonyl (C=O) groups is 1. The summed E-state index contributed by atoms with van der Waals surface area (Å²) in [5.74, 6) is -0.843. The molecule has 2 aromatic heterocycles. The third-order valence-corrected chi connectivity index (χ3v) is 4.50. The molecule has 9 heteroatoms. The van der Waals surface area contributed by atoms with E-state index in [0.29, 0.717) is 16.7 Å². The smallest absolute Gasteiger partial charge is 0.291 e. The normalized spacial score (nSPS) is 15.0. The Kier molecular flexibility index (Phi) is 3.86. The van der Waals surface area contributed by atoms with Crippen molar-refractivity contribution in [2.24, 2.45) is 5.41 Å². The molecular formula is C15H20BrN5O3. The second-order valence-corrected chi connectivity index (χ2v) is 8.13. The predicted octanol–water partition coefficient (Wildman–Crippen LogP) is 1.48. The van der Waals surface area contributed by atoms with E-state index in [2.05, 4.69) is 26.3 Å². The molecule has 1 aliphatic carbocycles. The van der Waals surface area contributed by atoms with Crippen LogP contribution in [0.15, 0.2) is 9.27 Å². The lowest BCUT2D eigenvalue weighted by Crippen LogP contribution is -2.35. The van der Waals surface area contributed by atoms with Crippen molar-refractivity contribution >= 4 is 33.3 Å². The van der Waals surface area contributed by atoms with E-state index in [9.17, 15) is 14.7 Å². The molecule has 0 aliphatic heterocycles. The van der Waals surface area contributed by atoms with Crippen molar-refractivity contribution in [3.63, 3.8) is 0 Å². The van der Waals surface area contributed by atoms with Gasteiger partial charge < -0.3 is 16.2 Å². The first-order chi connectivity index (χ1) is 11.1. The molecule has 0 spiro atoms. The van der Waals surface area contributed by atoms with E-state index < -0.39 is 11.5 Å². The van der Waals surface area contributed by atoms with Gasteiger partial charge in [0, 0.05) is 12.6 Å². The van der Waals surface area contributed by atoms with Crippen LogP contribution in [0.5, 0.6) is 5.88 Å². The molecule has 24 heavy (non-hydrogen) atoms. The lowest BCUT2D eigenvalue weighted by Gasteiger charge is -2.23. The molecule has 3 rings (SSSR count). The van der Waals surface area contributed by atoms with Crippen molar-refractivity contribution in [2.45, 2.75) is 46.2 Å². The van der Waals surface area contributed by atoms with E-state index in [1.807, 2.05) is 20.8 Å². The molecule has 2 aromatic rings. The molecule has 0 saturated heterocycles. The van der Waals surface area contributed by atoms with Crippen LogP contribution in [0, 0.1) is 5.41 Å². The summed E-state index contributed by atoms with van der Waals surface area (Å²) in [4.78, 5) is 25.1. The van der Waals surface area contributed by atoms with Crippen LogP contribution in [0.2, 0.25) is 0 Å². The van der Waals surface area contributed by atoms with Gasteiger partial charge in [0.05, 0.1) is 0 Å². The third kappa shape index (κ3) is 2.88. The molecular weight excluding hydrogens is 378 g/mol. The molecule has 4 N–H and O–H groups in total. The lowest BCUT2D eigenvalue weighted by atomic mass is 9.96. The van der Waals surface area contributed by atoms with Gasteiger partial charge in [0.1, 0.15) is 4.47 Å². The number of hydrogen-bond donors (Lipinski definition) is 3. The number of nitrogens with two attached hydrogens (primary N) is 1. The SMILES string of the molecule is CC(C)(C)Cn1c(O)c(C(=O)NC2CC2)c(=O)n2nc(N)c(Br)c12. The maximum Gasteiger partial charge on any atom is 0.291 e. The number of aromatic hydroxyl groups is 1. The minimum atomic E-state index is -0.691. The molecule has 0 aromatic carbocycles. The minimum absolute atomic E-state index is 0.0671. The Morgan fingerprint density at radius 1 is 1.46 bits per heavy atom. The lowest BCUT2D eigenvalue weighted by molar-refractivity contribution is 0.0944. The van der Waals surface area contributed by atoms with Crippen LogP contribution < -0.4 is 16.6 Å². The van der Waals surface area contributed by atoms with Gasteiger partial charge >= 0.3 is 0 Å². The van der Waals surface area contributed by atoms with Crippen LogP contribution >= 0.6 is 15.9 Å². The summed E-state index contributed by atoms with van der Waals surface area (Å²) < 4.78 is 2.97. The topological polar surface area (TPSA) is 115 Å². The number of carbonyl (C=O) groups excluding carboxylic acids is 1. The fourth-order valence-corrected chi connectivity index (χ4v) is 2.99. The highest BCUT2D eigenvalue weighted by Gasteiger charge is 2.31. The van der Waals surface area contributed by atoms with Gasteiger partial charge in [-0.3, -0.25) is 14.2 Å². The third-order valence-electron chi connectivity index (χ3n) is 3.74. The van der Waals surface area contributed by atoms with Crippen LogP contribution in [0.25, 0.3) is 5.65 Å². The van der Waals surface area contributed by atoms with Crippen LogP contribution in [0.4, 0.5) is 5.82 Å². The number of hydrogen-bond acceptors (Lipinski definition) is 5. The van der Waals surface area contributed by atoms with E-state index >= 15 is 0 Å². The van der Waals surface area contributed by atoms with Gasteiger partial charge in [-0.2, -0.15) is 4.52 Å².